The number of hydrogen-bond acceptors (Lipinski definition) is 2. The summed E-state index contributed by atoms with van der Waals surface area (Å²) in [4.78, 5) is 0. The largest absolute Gasteiger partial charge is 0.309 e. The summed E-state index contributed by atoms with van der Waals surface area (Å²) >= 11 is 6.24. The maximum Gasteiger partial charge on any atom is 0.0833 e. The van der Waals surface area contributed by atoms with E-state index >= 15 is 0 Å². The number of rotatable bonds is 9. The first-order valence-corrected chi connectivity index (χ1v) is 7.49. The number of aromatic nitrogens is 2. The van der Waals surface area contributed by atoms with Gasteiger partial charge in [-0.2, -0.15) is 5.10 Å². The molecule has 0 saturated carbocycles. The van der Waals surface area contributed by atoms with Crippen LogP contribution >= 0.6 is 11.6 Å². The Morgan fingerprint density at radius 3 is 2.61 bits per heavy atom. The highest BCUT2D eigenvalue weighted by Crippen LogP contribution is 2.26. The van der Waals surface area contributed by atoms with Gasteiger partial charge in [-0.15, -0.1) is 0 Å². The smallest absolute Gasteiger partial charge is 0.0833 e. The monoisotopic (exact) mass is 271 g/mol. The van der Waals surface area contributed by atoms with E-state index in [0.29, 0.717) is 6.04 Å². The highest BCUT2D eigenvalue weighted by molar-refractivity contribution is 6.31. The molecule has 1 atom stereocenters. The van der Waals surface area contributed by atoms with Crippen LogP contribution in [0.5, 0.6) is 0 Å². The van der Waals surface area contributed by atoms with Crippen LogP contribution in [-0.4, -0.2) is 16.3 Å². The predicted octanol–water partition coefficient (Wildman–Crippen LogP) is 4.08. The number of nitrogens with zero attached hydrogens (tertiary/aromatic N) is 2. The van der Waals surface area contributed by atoms with Crippen molar-refractivity contribution in [2.45, 2.75) is 58.4 Å². The Morgan fingerprint density at radius 2 is 2.06 bits per heavy atom. The first-order valence-electron chi connectivity index (χ1n) is 7.11. The lowest BCUT2D eigenvalue weighted by Crippen LogP contribution is -2.24. The van der Waals surface area contributed by atoms with Gasteiger partial charge in [-0.1, -0.05) is 51.1 Å². The average Bonchev–Trinajstić information content (AvgIpc) is 2.69. The summed E-state index contributed by atoms with van der Waals surface area (Å²) in [5.74, 6) is 0. The Morgan fingerprint density at radius 1 is 1.28 bits per heavy atom. The van der Waals surface area contributed by atoms with Crippen molar-refractivity contribution >= 4 is 11.6 Å². The van der Waals surface area contributed by atoms with Crippen LogP contribution in [0.2, 0.25) is 5.02 Å². The van der Waals surface area contributed by atoms with Gasteiger partial charge < -0.3 is 5.32 Å². The zero-order valence-corrected chi connectivity index (χ0v) is 12.6. The molecule has 0 radical (unpaired) electrons. The highest BCUT2D eigenvalue weighted by Gasteiger charge is 2.17. The van der Waals surface area contributed by atoms with E-state index in [1.54, 1.807) is 6.20 Å². The number of aryl methyl sites for hydroxylation is 1. The van der Waals surface area contributed by atoms with E-state index in [4.69, 9.17) is 11.6 Å². The minimum atomic E-state index is 0.335. The second-order valence-electron chi connectivity index (χ2n) is 4.86. The van der Waals surface area contributed by atoms with E-state index < -0.39 is 0 Å². The molecular weight excluding hydrogens is 246 g/mol. The van der Waals surface area contributed by atoms with Crippen LogP contribution in [0, 0.1) is 0 Å². The number of nitrogens with one attached hydrogen (secondary N) is 1. The third-order valence-corrected chi connectivity index (χ3v) is 3.55. The molecule has 1 heterocycles. The van der Waals surface area contributed by atoms with Crippen LogP contribution in [0.3, 0.4) is 0 Å². The molecule has 4 heteroatoms. The molecule has 0 aromatic carbocycles. The second-order valence-corrected chi connectivity index (χ2v) is 5.26. The van der Waals surface area contributed by atoms with Crippen molar-refractivity contribution < 1.29 is 0 Å². The van der Waals surface area contributed by atoms with Gasteiger partial charge in [0, 0.05) is 7.05 Å². The summed E-state index contributed by atoms with van der Waals surface area (Å²) < 4.78 is 1.90. The SMILES string of the molecule is CCCCCCC(NCCC)c1c(Cl)cnn1C. The molecule has 104 valence electrons. The van der Waals surface area contributed by atoms with Crippen LogP contribution in [0.25, 0.3) is 0 Å². The van der Waals surface area contributed by atoms with Crippen LogP contribution < -0.4 is 5.32 Å². The van der Waals surface area contributed by atoms with Crippen LogP contribution in [0.1, 0.15) is 64.1 Å². The lowest BCUT2D eigenvalue weighted by Gasteiger charge is -2.19. The third-order valence-electron chi connectivity index (χ3n) is 3.25. The molecular formula is C14H26ClN3. The molecule has 0 saturated heterocycles. The molecule has 0 spiro atoms. The molecule has 1 N–H and O–H groups in total. The van der Waals surface area contributed by atoms with Crippen molar-refractivity contribution in [1.29, 1.82) is 0 Å². The maximum atomic E-state index is 6.24. The molecule has 0 bridgehead atoms. The lowest BCUT2D eigenvalue weighted by atomic mass is 10.0. The van der Waals surface area contributed by atoms with Crippen LogP contribution in [0.4, 0.5) is 0 Å². The summed E-state index contributed by atoms with van der Waals surface area (Å²) in [5, 5.41) is 8.60. The normalized spacial score (nSPS) is 12.9. The van der Waals surface area contributed by atoms with Crippen LogP contribution in [-0.2, 0) is 7.05 Å². The Balaban J connectivity index is 2.60. The average molecular weight is 272 g/mol. The van der Waals surface area contributed by atoms with Crippen molar-refractivity contribution in [2.24, 2.45) is 7.05 Å². The van der Waals surface area contributed by atoms with Crippen molar-refractivity contribution in [2.75, 3.05) is 6.54 Å². The van der Waals surface area contributed by atoms with Crippen molar-refractivity contribution in [3.63, 3.8) is 0 Å². The molecule has 1 aromatic rings. The third kappa shape index (κ3) is 4.62. The molecule has 0 fully saturated rings. The summed E-state index contributed by atoms with van der Waals surface area (Å²) in [6.07, 6.45) is 9.16. The predicted molar refractivity (Wildman–Crippen MR) is 78.0 cm³/mol. The topological polar surface area (TPSA) is 29.9 Å². The first kappa shape index (κ1) is 15.5. The highest BCUT2D eigenvalue weighted by atomic mass is 35.5. The summed E-state index contributed by atoms with van der Waals surface area (Å²) in [6.45, 7) is 5.46. The standard InChI is InChI=1S/C14H26ClN3/c1-4-6-7-8-9-13(16-10-5-2)14-12(15)11-17-18(14)3/h11,13,16H,4-10H2,1-3H3. The van der Waals surface area contributed by atoms with Gasteiger partial charge in [-0.25, -0.2) is 0 Å². The van der Waals surface area contributed by atoms with E-state index in [-0.39, 0.29) is 0 Å². The quantitative estimate of drug-likeness (QED) is 0.686. The van der Waals surface area contributed by atoms with Gasteiger partial charge in [-0.05, 0) is 19.4 Å². The van der Waals surface area contributed by atoms with E-state index in [9.17, 15) is 0 Å². The van der Waals surface area contributed by atoms with E-state index in [2.05, 4.69) is 24.3 Å². The van der Waals surface area contributed by atoms with Gasteiger partial charge in [0.05, 0.1) is 23.0 Å². The van der Waals surface area contributed by atoms with Gasteiger partial charge in [-0.3, -0.25) is 4.68 Å². The van der Waals surface area contributed by atoms with E-state index in [1.807, 2.05) is 11.7 Å². The second kappa shape index (κ2) is 8.54. The Bertz CT molecular complexity index is 316. The van der Waals surface area contributed by atoms with Gasteiger partial charge in [0.25, 0.3) is 0 Å². The fourth-order valence-corrected chi connectivity index (χ4v) is 2.54. The Hall–Kier alpha value is -0.540. The fraction of sp³-hybridized carbons (Fsp3) is 0.786. The summed E-state index contributed by atoms with van der Waals surface area (Å²) in [7, 11) is 1.97. The van der Waals surface area contributed by atoms with Gasteiger partial charge in [0.1, 0.15) is 0 Å². The zero-order valence-electron chi connectivity index (χ0n) is 11.9. The Kier molecular flexibility index (Phi) is 7.36. The molecule has 0 aliphatic carbocycles. The van der Waals surface area contributed by atoms with E-state index in [1.165, 1.54) is 25.7 Å². The van der Waals surface area contributed by atoms with Crippen molar-refractivity contribution in [3.8, 4) is 0 Å². The van der Waals surface area contributed by atoms with Gasteiger partial charge in [0.15, 0.2) is 0 Å². The van der Waals surface area contributed by atoms with Gasteiger partial charge >= 0.3 is 0 Å². The van der Waals surface area contributed by atoms with Gasteiger partial charge in [0.2, 0.25) is 0 Å². The molecule has 0 aliphatic heterocycles. The fourth-order valence-electron chi connectivity index (χ4n) is 2.24. The molecule has 1 unspecified atom stereocenters. The number of halogens is 1. The molecule has 0 amide bonds. The minimum Gasteiger partial charge on any atom is -0.309 e. The number of hydrogen-bond donors (Lipinski definition) is 1. The molecule has 1 aromatic heterocycles. The summed E-state index contributed by atoms with van der Waals surface area (Å²) in [6, 6.07) is 0.335. The molecule has 0 aliphatic rings. The zero-order chi connectivity index (χ0) is 13.4. The van der Waals surface area contributed by atoms with Crippen molar-refractivity contribution in [1.82, 2.24) is 15.1 Å². The lowest BCUT2D eigenvalue weighted by molar-refractivity contribution is 0.446. The number of unbranched alkanes of at least 4 members (excludes halogenated alkanes) is 3. The maximum absolute atomic E-state index is 6.24. The minimum absolute atomic E-state index is 0.335. The molecule has 18 heavy (non-hydrogen) atoms. The molecule has 3 nitrogen and oxygen atoms in total. The Labute approximate surface area is 116 Å². The first-order chi connectivity index (χ1) is 8.70. The van der Waals surface area contributed by atoms with Crippen molar-refractivity contribution in [3.05, 3.63) is 16.9 Å². The summed E-state index contributed by atoms with van der Waals surface area (Å²) in [5.41, 5.74) is 1.13. The van der Waals surface area contributed by atoms with Crippen LogP contribution in [0.15, 0.2) is 6.20 Å². The molecule has 1 rings (SSSR count). The van der Waals surface area contributed by atoms with E-state index in [0.717, 1.165) is 30.1 Å².